The minimum atomic E-state index is -0.656. The largest absolute Gasteiger partial charge is 0.507 e. The van der Waals surface area contributed by atoms with Crippen LogP contribution < -0.4 is 4.74 Å². The molecule has 172 valence electrons. The fraction of sp³-hybridized carbons (Fsp3) is 0.440. The summed E-state index contributed by atoms with van der Waals surface area (Å²) in [6, 6.07) is 8.29. The van der Waals surface area contributed by atoms with Gasteiger partial charge in [0, 0.05) is 23.6 Å². The molecule has 1 aliphatic rings. The van der Waals surface area contributed by atoms with Crippen LogP contribution in [0.1, 0.15) is 55.7 Å². The third-order valence-corrected chi connectivity index (χ3v) is 6.36. The second-order valence-corrected chi connectivity index (χ2v) is 9.05. The van der Waals surface area contributed by atoms with Crippen LogP contribution in [0.15, 0.2) is 41.3 Å². The lowest BCUT2D eigenvalue weighted by Gasteiger charge is -2.25. The van der Waals surface area contributed by atoms with Crippen molar-refractivity contribution in [2.45, 2.75) is 52.7 Å². The van der Waals surface area contributed by atoms with Gasteiger partial charge in [-0.3, -0.25) is 9.59 Å². The highest BCUT2D eigenvalue weighted by Gasteiger charge is 2.46. The number of thiophene rings is 1. The molecular weight excluding hydrogens is 426 g/mol. The summed E-state index contributed by atoms with van der Waals surface area (Å²) in [7, 11) is 0. The van der Waals surface area contributed by atoms with Crippen LogP contribution in [0.5, 0.6) is 5.75 Å². The summed E-state index contributed by atoms with van der Waals surface area (Å²) in [6.45, 7) is 9.37. The summed E-state index contributed by atoms with van der Waals surface area (Å²) in [5, 5.41) is 13.1. The minimum absolute atomic E-state index is 0.102. The van der Waals surface area contributed by atoms with Gasteiger partial charge in [-0.05, 0) is 74.9 Å². The summed E-state index contributed by atoms with van der Waals surface area (Å²) >= 11 is 1.48. The highest BCUT2D eigenvalue weighted by molar-refractivity contribution is 7.10. The molecule has 1 aromatic carbocycles. The number of hydrogen-bond acceptors (Lipinski definition) is 6. The van der Waals surface area contributed by atoms with E-state index in [0.29, 0.717) is 37.5 Å². The predicted octanol–water partition coefficient (Wildman–Crippen LogP) is 5.08. The number of aliphatic hydroxyl groups is 1. The molecule has 1 atom stereocenters. The van der Waals surface area contributed by atoms with Crippen LogP contribution >= 0.6 is 11.3 Å². The second kappa shape index (κ2) is 10.8. The molecule has 1 fully saturated rings. The van der Waals surface area contributed by atoms with Crippen molar-refractivity contribution in [2.24, 2.45) is 0 Å². The second-order valence-electron chi connectivity index (χ2n) is 8.11. The van der Waals surface area contributed by atoms with Crippen molar-refractivity contribution in [3.8, 4) is 5.75 Å². The van der Waals surface area contributed by atoms with Gasteiger partial charge in [0.25, 0.3) is 11.7 Å². The Morgan fingerprint density at radius 2 is 1.88 bits per heavy atom. The number of ether oxygens (including phenoxy) is 2. The van der Waals surface area contributed by atoms with Crippen LogP contribution in [0.25, 0.3) is 5.76 Å². The fourth-order valence-electron chi connectivity index (χ4n) is 3.69. The molecule has 0 saturated carbocycles. The van der Waals surface area contributed by atoms with Gasteiger partial charge in [0.1, 0.15) is 11.5 Å². The molecule has 1 amide bonds. The summed E-state index contributed by atoms with van der Waals surface area (Å²) < 4.78 is 11.2. The smallest absolute Gasteiger partial charge is 0.295 e. The molecule has 1 aromatic heterocycles. The van der Waals surface area contributed by atoms with E-state index in [2.05, 4.69) is 0 Å². The Labute approximate surface area is 193 Å². The molecule has 6 nitrogen and oxygen atoms in total. The lowest BCUT2D eigenvalue weighted by atomic mass is 9.98. The molecule has 32 heavy (non-hydrogen) atoms. The van der Waals surface area contributed by atoms with Crippen molar-refractivity contribution in [3.05, 3.63) is 57.3 Å². The number of amides is 1. The van der Waals surface area contributed by atoms with E-state index in [1.807, 2.05) is 39.1 Å². The Hall–Kier alpha value is -2.64. The molecule has 2 heterocycles. The Kier molecular flexibility index (Phi) is 8.10. The third kappa shape index (κ3) is 5.22. The maximum Gasteiger partial charge on any atom is 0.295 e. The van der Waals surface area contributed by atoms with Crippen molar-refractivity contribution in [2.75, 3.05) is 19.8 Å². The molecule has 2 aromatic rings. The minimum Gasteiger partial charge on any atom is -0.507 e. The SMILES string of the molecule is CCCOc1ccc(/C(O)=C2/C(=O)C(=O)N(CCCOC(C)C)C2c2sccc2C)cc1. The highest BCUT2D eigenvalue weighted by Crippen LogP contribution is 2.42. The molecule has 1 saturated heterocycles. The first kappa shape index (κ1) is 24.0. The first-order valence-electron chi connectivity index (χ1n) is 11.0. The van der Waals surface area contributed by atoms with Gasteiger partial charge in [-0.2, -0.15) is 0 Å². The fourth-order valence-corrected chi connectivity index (χ4v) is 4.73. The van der Waals surface area contributed by atoms with Crippen molar-refractivity contribution in [3.63, 3.8) is 0 Å². The maximum absolute atomic E-state index is 13.0. The number of aliphatic hydroxyl groups excluding tert-OH is 1. The standard InChI is InChI=1S/C25H31NO5S/c1-5-13-31-19-9-7-18(8-10-19)22(27)20-21(24-17(4)11-15-32-24)26(25(29)23(20)28)12-6-14-30-16(2)3/h7-11,15-16,21,27H,5-6,12-14H2,1-4H3/b22-20-. The average Bonchev–Trinajstić information content (AvgIpc) is 3.30. The number of rotatable bonds is 10. The van der Waals surface area contributed by atoms with E-state index >= 15 is 0 Å². The number of carbonyl (C=O) groups excluding carboxylic acids is 2. The van der Waals surface area contributed by atoms with Crippen LogP contribution in [0.3, 0.4) is 0 Å². The lowest BCUT2D eigenvalue weighted by molar-refractivity contribution is -0.140. The van der Waals surface area contributed by atoms with E-state index in [1.165, 1.54) is 11.3 Å². The maximum atomic E-state index is 13.0. The number of benzene rings is 1. The predicted molar refractivity (Wildman–Crippen MR) is 126 cm³/mol. The quantitative estimate of drug-likeness (QED) is 0.233. The zero-order valence-electron chi connectivity index (χ0n) is 19.1. The Morgan fingerprint density at radius 1 is 1.16 bits per heavy atom. The first-order chi connectivity index (χ1) is 15.3. The number of likely N-dealkylation sites (tertiary alicyclic amines) is 1. The van der Waals surface area contributed by atoms with E-state index in [-0.39, 0.29) is 17.4 Å². The lowest BCUT2D eigenvalue weighted by Crippen LogP contribution is -2.31. The van der Waals surface area contributed by atoms with Gasteiger partial charge in [-0.1, -0.05) is 6.92 Å². The molecule has 7 heteroatoms. The topological polar surface area (TPSA) is 76.1 Å². The van der Waals surface area contributed by atoms with Crippen molar-refractivity contribution >= 4 is 28.8 Å². The number of ketones is 1. The van der Waals surface area contributed by atoms with E-state index in [9.17, 15) is 14.7 Å². The molecule has 0 bridgehead atoms. The van der Waals surface area contributed by atoms with E-state index in [1.54, 1.807) is 29.2 Å². The Bertz CT molecular complexity index is 976. The summed E-state index contributed by atoms with van der Waals surface area (Å²) in [4.78, 5) is 28.4. The van der Waals surface area contributed by atoms with Gasteiger partial charge in [-0.25, -0.2) is 0 Å². The van der Waals surface area contributed by atoms with Gasteiger partial charge < -0.3 is 19.5 Å². The number of carbonyl (C=O) groups is 2. The van der Waals surface area contributed by atoms with E-state index < -0.39 is 17.7 Å². The summed E-state index contributed by atoms with van der Waals surface area (Å²) in [6.07, 6.45) is 1.61. The molecule has 3 rings (SSSR count). The average molecular weight is 458 g/mol. The van der Waals surface area contributed by atoms with Gasteiger partial charge >= 0.3 is 0 Å². The monoisotopic (exact) mass is 457 g/mol. The van der Waals surface area contributed by atoms with Gasteiger partial charge in [0.2, 0.25) is 0 Å². The number of Topliss-reactive ketones (excluding diaryl/α,β-unsaturated/α-hetero) is 1. The molecule has 0 spiro atoms. The molecule has 1 aliphatic heterocycles. The molecule has 0 radical (unpaired) electrons. The summed E-state index contributed by atoms with van der Waals surface area (Å²) in [5.41, 5.74) is 1.60. The molecule has 0 aliphatic carbocycles. The number of hydrogen-bond donors (Lipinski definition) is 1. The van der Waals surface area contributed by atoms with Crippen LogP contribution in [0.4, 0.5) is 0 Å². The zero-order chi connectivity index (χ0) is 23.3. The third-order valence-electron chi connectivity index (χ3n) is 5.29. The number of aryl methyl sites for hydroxylation is 1. The Morgan fingerprint density at radius 3 is 2.47 bits per heavy atom. The first-order valence-corrected chi connectivity index (χ1v) is 11.9. The molecular formula is C25H31NO5S. The van der Waals surface area contributed by atoms with Gasteiger partial charge in [0.15, 0.2) is 0 Å². The normalized spacial score (nSPS) is 18.0. The number of nitrogens with zero attached hydrogens (tertiary/aromatic N) is 1. The highest BCUT2D eigenvalue weighted by atomic mass is 32.1. The van der Waals surface area contributed by atoms with Crippen LogP contribution in [-0.4, -0.2) is 47.6 Å². The van der Waals surface area contributed by atoms with Crippen LogP contribution in [0, 0.1) is 6.92 Å². The molecule has 1 N–H and O–H groups in total. The van der Waals surface area contributed by atoms with E-state index in [0.717, 1.165) is 16.9 Å². The Balaban J connectivity index is 1.95. The van der Waals surface area contributed by atoms with Crippen molar-refractivity contribution < 1.29 is 24.2 Å². The van der Waals surface area contributed by atoms with Crippen LogP contribution in [-0.2, 0) is 14.3 Å². The van der Waals surface area contributed by atoms with Crippen LogP contribution in [0.2, 0.25) is 0 Å². The van der Waals surface area contributed by atoms with Crippen molar-refractivity contribution in [1.29, 1.82) is 0 Å². The van der Waals surface area contributed by atoms with Gasteiger partial charge in [0.05, 0.1) is 24.3 Å². The molecule has 1 unspecified atom stereocenters. The zero-order valence-corrected chi connectivity index (χ0v) is 19.9. The van der Waals surface area contributed by atoms with Crippen molar-refractivity contribution in [1.82, 2.24) is 4.90 Å². The van der Waals surface area contributed by atoms with E-state index in [4.69, 9.17) is 9.47 Å². The summed E-state index contributed by atoms with van der Waals surface area (Å²) in [5.74, 6) is -0.711. The van der Waals surface area contributed by atoms with Gasteiger partial charge in [-0.15, -0.1) is 11.3 Å².